The summed E-state index contributed by atoms with van der Waals surface area (Å²) in [6, 6.07) is 7.71. The second kappa shape index (κ2) is 4.36. The highest BCUT2D eigenvalue weighted by molar-refractivity contribution is 5.32. The van der Waals surface area contributed by atoms with Gasteiger partial charge in [0.15, 0.2) is 0 Å². The molecule has 1 heteroatoms. The smallest absolute Gasteiger partial charge is 0.00786 e. The van der Waals surface area contributed by atoms with Gasteiger partial charge in [-0.25, -0.2) is 0 Å². The zero-order valence-corrected chi connectivity index (χ0v) is 10.0. The molecule has 0 saturated heterocycles. The van der Waals surface area contributed by atoms with Gasteiger partial charge in [0.25, 0.3) is 0 Å². The fraction of sp³-hybridized carbons (Fsp3) is 0.571. The highest BCUT2D eigenvalue weighted by atomic mass is 14.9. The van der Waals surface area contributed by atoms with E-state index in [-0.39, 0.29) is 0 Å². The van der Waals surface area contributed by atoms with Crippen LogP contribution in [0.4, 0.5) is 0 Å². The fourth-order valence-corrected chi connectivity index (χ4v) is 2.59. The summed E-state index contributed by atoms with van der Waals surface area (Å²) in [5.74, 6) is 0.799. The van der Waals surface area contributed by atoms with Gasteiger partial charge in [0.1, 0.15) is 0 Å². The lowest BCUT2D eigenvalue weighted by atomic mass is 9.75. The van der Waals surface area contributed by atoms with Crippen molar-refractivity contribution in [2.24, 2.45) is 0 Å². The van der Waals surface area contributed by atoms with Crippen LogP contribution in [0.3, 0.4) is 0 Å². The highest BCUT2D eigenvalue weighted by Gasteiger charge is 2.29. The number of benzene rings is 1. The first-order valence-electron chi connectivity index (χ1n) is 6.00. The second-order valence-electron chi connectivity index (χ2n) is 4.84. The van der Waals surface area contributed by atoms with E-state index in [2.05, 4.69) is 44.3 Å². The van der Waals surface area contributed by atoms with Gasteiger partial charge in [-0.2, -0.15) is 0 Å². The zero-order chi connectivity index (χ0) is 10.8. The number of rotatable bonds is 3. The summed E-state index contributed by atoms with van der Waals surface area (Å²) in [5, 5.41) is 3.51. The number of hydrogen-bond acceptors (Lipinski definition) is 1. The Bertz CT molecular complexity index is 317. The Morgan fingerprint density at radius 2 is 1.73 bits per heavy atom. The molecule has 1 saturated carbocycles. The molecule has 0 aromatic heterocycles. The van der Waals surface area contributed by atoms with E-state index in [0.717, 1.165) is 18.5 Å². The summed E-state index contributed by atoms with van der Waals surface area (Å²) in [5.41, 5.74) is 4.34. The lowest BCUT2D eigenvalue weighted by molar-refractivity contribution is 0.296. The molecule has 0 heterocycles. The van der Waals surface area contributed by atoms with Crippen LogP contribution < -0.4 is 5.32 Å². The summed E-state index contributed by atoms with van der Waals surface area (Å²) in [7, 11) is 0. The van der Waals surface area contributed by atoms with Crippen molar-refractivity contribution in [1.82, 2.24) is 5.32 Å². The van der Waals surface area contributed by atoms with Gasteiger partial charge in [-0.15, -0.1) is 0 Å². The van der Waals surface area contributed by atoms with Crippen LogP contribution in [-0.4, -0.2) is 12.6 Å². The van der Waals surface area contributed by atoms with E-state index in [0.29, 0.717) is 0 Å². The van der Waals surface area contributed by atoms with E-state index in [1.165, 1.54) is 24.0 Å². The molecule has 82 valence electrons. The molecule has 1 nitrogen and oxygen atoms in total. The van der Waals surface area contributed by atoms with E-state index in [1.54, 1.807) is 5.56 Å². The van der Waals surface area contributed by atoms with Crippen LogP contribution in [0, 0.1) is 13.8 Å². The third-order valence-corrected chi connectivity index (χ3v) is 3.35. The van der Waals surface area contributed by atoms with Gasteiger partial charge in [0, 0.05) is 6.04 Å². The van der Waals surface area contributed by atoms with Gasteiger partial charge in [-0.1, -0.05) is 36.2 Å². The van der Waals surface area contributed by atoms with Crippen molar-refractivity contribution in [1.29, 1.82) is 0 Å². The third kappa shape index (κ3) is 2.40. The van der Waals surface area contributed by atoms with E-state index >= 15 is 0 Å². The average molecular weight is 203 g/mol. The summed E-state index contributed by atoms with van der Waals surface area (Å²) >= 11 is 0. The molecule has 0 aliphatic heterocycles. The fourth-order valence-electron chi connectivity index (χ4n) is 2.59. The van der Waals surface area contributed by atoms with Crippen LogP contribution in [0.25, 0.3) is 0 Å². The maximum absolute atomic E-state index is 3.51. The first-order valence-corrected chi connectivity index (χ1v) is 6.00. The molecule has 0 unspecified atom stereocenters. The third-order valence-electron chi connectivity index (χ3n) is 3.35. The van der Waals surface area contributed by atoms with Crippen molar-refractivity contribution >= 4 is 0 Å². The molecule has 1 N–H and O–H groups in total. The molecular weight excluding hydrogens is 182 g/mol. The molecule has 0 spiro atoms. The lowest BCUT2D eigenvalue weighted by Gasteiger charge is -2.36. The van der Waals surface area contributed by atoms with Crippen LogP contribution in [0.15, 0.2) is 18.2 Å². The van der Waals surface area contributed by atoms with E-state index in [4.69, 9.17) is 0 Å². The highest BCUT2D eigenvalue weighted by Crippen LogP contribution is 2.37. The molecule has 15 heavy (non-hydrogen) atoms. The monoisotopic (exact) mass is 203 g/mol. The van der Waals surface area contributed by atoms with E-state index < -0.39 is 0 Å². The van der Waals surface area contributed by atoms with Crippen molar-refractivity contribution in [3.05, 3.63) is 34.9 Å². The minimum Gasteiger partial charge on any atom is -0.314 e. The topological polar surface area (TPSA) is 12.0 Å². The van der Waals surface area contributed by atoms with E-state index in [1.807, 2.05) is 0 Å². The molecule has 0 amide bonds. The van der Waals surface area contributed by atoms with Gasteiger partial charge in [0.05, 0.1) is 0 Å². The first kappa shape index (κ1) is 10.7. The number of hydrogen-bond donors (Lipinski definition) is 1. The minimum atomic E-state index is 0.765. The first-order chi connectivity index (χ1) is 7.19. The van der Waals surface area contributed by atoms with E-state index in [9.17, 15) is 0 Å². The van der Waals surface area contributed by atoms with Gasteiger partial charge in [-0.05, 0) is 44.7 Å². The van der Waals surface area contributed by atoms with Gasteiger partial charge in [-0.3, -0.25) is 0 Å². The van der Waals surface area contributed by atoms with Crippen molar-refractivity contribution in [3.63, 3.8) is 0 Å². The molecule has 1 fully saturated rings. The molecule has 1 aromatic rings. The Kier molecular flexibility index (Phi) is 3.11. The minimum absolute atomic E-state index is 0.765. The second-order valence-corrected chi connectivity index (χ2v) is 4.84. The Morgan fingerprint density at radius 3 is 2.27 bits per heavy atom. The Hall–Kier alpha value is -0.820. The lowest BCUT2D eigenvalue weighted by Crippen LogP contribution is -2.39. The maximum Gasteiger partial charge on any atom is 0.00786 e. The SMILES string of the molecule is CCN[C@H]1C[C@@H](c2cc(C)cc(C)c2)C1. The van der Waals surface area contributed by atoms with Crippen LogP contribution >= 0.6 is 0 Å². The Labute approximate surface area is 92.9 Å². The number of nitrogens with one attached hydrogen (secondary N) is 1. The quantitative estimate of drug-likeness (QED) is 0.795. The van der Waals surface area contributed by atoms with Crippen LogP contribution in [0.5, 0.6) is 0 Å². The molecule has 0 radical (unpaired) electrons. The molecule has 1 aliphatic carbocycles. The Balaban J connectivity index is 2.00. The van der Waals surface area contributed by atoms with Crippen LogP contribution in [0.2, 0.25) is 0 Å². The van der Waals surface area contributed by atoms with Crippen molar-refractivity contribution < 1.29 is 0 Å². The summed E-state index contributed by atoms with van der Waals surface area (Å²) < 4.78 is 0. The molecule has 0 bridgehead atoms. The largest absolute Gasteiger partial charge is 0.314 e. The Morgan fingerprint density at radius 1 is 1.13 bits per heavy atom. The van der Waals surface area contributed by atoms with Gasteiger partial charge < -0.3 is 5.32 Å². The molecule has 0 atom stereocenters. The molecular formula is C14H21N. The zero-order valence-electron chi connectivity index (χ0n) is 10.0. The summed E-state index contributed by atoms with van der Waals surface area (Å²) in [6.45, 7) is 7.67. The summed E-state index contributed by atoms with van der Waals surface area (Å²) in [6.07, 6.45) is 2.63. The average Bonchev–Trinajstić information content (AvgIpc) is 2.08. The summed E-state index contributed by atoms with van der Waals surface area (Å²) in [4.78, 5) is 0. The molecule has 2 rings (SSSR count). The number of aryl methyl sites for hydroxylation is 2. The van der Waals surface area contributed by atoms with Crippen LogP contribution in [-0.2, 0) is 0 Å². The molecule has 1 aliphatic rings. The van der Waals surface area contributed by atoms with Crippen molar-refractivity contribution in [3.8, 4) is 0 Å². The normalized spacial score (nSPS) is 25.0. The standard InChI is InChI=1S/C14H21N/c1-4-15-14-8-13(9-14)12-6-10(2)5-11(3)7-12/h5-7,13-15H,4,8-9H2,1-3H3/t13-,14+. The van der Waals surface area contributed by atoms with Gasteiger partial charge >= 0.3 is 0 Å². The van der Waals surface area contributed by atoms with Crippen molar-refractivity contribution in [2.45, 2.75) is 45.6 Å². The van der Waals surface area contributed by atoms with Gasteiger partial charge in [0.2, 0.25) is 0 Å². The van der Waals surface area contributed by atoms with Crippen LogP contribution in [0.1, 0.15) is 42.4 Å². The maximum atomic E-state index is 3.51. The molecule has 1 aromatic carbocycles. The van der Waals surface area contributed by atoms with Crippen molar-refractivity contribution in [2.75, 3.05) is 6.54 Å². The predicted octanol–water partition coefficient (Wildman–Crippen LogP) is 3.16. The predicted molar refractivity (Wildman–Crippen MR) is 65.4 cm³/mol.